The molecule has 25 heavy (non-hydrogen) atoms. The molecule has 0 aliphatic heterocycles. The molecule has 4 nitrogen and oxygen atoms in total. The number of thiophene rings is 1. The summed E-state index contributed by atoms with van der Waals surface area (Å²) in [5, 5.41) is 5.97. The van der Waals surface area contributed by atoms with Crippen molar-refractivity contribution in [1.29, 1.82) is 0 Å². The average molecular weight is 345 g/mol. The molecule has 0 aliphatic rings. The van der Waals surface area contributed by atoms with Gasteiger partial charge in [0.05, 0.1) is 16.1 Å². The molecule has 1 aromatic carbocycles. The normalized spacial score (nSPS) is 10.7. The zero-order chi connectivity index (χ0) is 17.1. The number of hydrogen-bond donors (Lipinski definition) is 1. The molecule has 3 heterocycles. The molecule has 5 heteroatoms. The molecule has 0 bridgehead atoms. The van der Waals surface area contributed by atoms with Crippen molar-refractivity contribution in [1.82, 2.24) is 15.3 Å². The van der Waals surface area contributed by atoms with Crippen LogP contribution in [0.1, 0.15) is 16.1 Å². The third-order valence-corrected chi connectivity index (χ3v) is 4.77. The molecule has 0 unspecified atom stereocenters. The summed E-state index contributed by atoms with van der Waals surface area (Å²) in [5.74, 6) is -0.180. The van der Waals surface area contributed by atoms with E-state index in [2.05, 4.69) is 15.3 Å². The van der Waals surface area contributed by atoms with Gasteiger partial charge in [0.2, 0.25) is 0 Å². The molecule has 0 saturated carbocycles. The predicted octanol–water partition coefficient (Wildman–Crippen LogP) is 4.29. The number of rotatable bonds is 4. The second kappa shape index (κ2) is 6.83. The van der Waals surface area contributed by atoms with Crippen molar-refractivity contribution in [3.05, 3.63) is 83.5 Å². The molecule has 0 fully saturated rings. The Bertz CT molecular complexity index is 1030. The van der Waals surface area contributed by atoms with E-state index in [1.165, 1.54) is 0 Å². The van der Waals surface area contributed by atoms with Gasteiger partial charge in [0.25, 0.3) is 5.91 Å². The van der Waals surface area contributed by atoms with Gasteiger partial charge in [-0.25, -0.2) is 4.98 Å². The highest BCUT2D eigenvalue weighted by atomic mass is 32.1. The minimum Gasteiger partial charge on any atom is -0.347 e. The maximum atomic E-state index is 12.4. The standard InChI is InChI=1S/C20H15N3OS/c24-20(17-8-7-15-4-1-2-5-16(15)23-17)22-13-14-9-10-21-18(12-14)19-6-3-11-25-19/h1-12H,13H2,(H,22,24). The fourth-order valence-electron chi connectivity index (χ4n) is 2.61. The zero-order valence-electron chi connectivity index (χ0n) is 13.3. The van der Waals surface area contributed by atoms with Crippen molar-refractivity contribution >= 4 is 28.1 Å². The van der Waals surface area contributed by atoms with Crippen LogP contribution in [0.3, 0.4) is 0 Å². The van der Waals surface area contributed by atoms with E-state index in [-0.39, 0.29) is 5.91 Å². The summed E-state index contributed by atoms with van der Waals surface area (Å²) in [6, 6.07) is 19.4. The number of carbonyl (C=O) groups is 1. The molecule has 0 radical (unpaired) electrons. The van der Waals surface area contributed by atoms with Crippen molar-refractivity contribution in [2.45, 2.75) is 6.54 Å². The van der Waals surface area contributed by atoms with Crippen LogP contribution in [0.2, 0.25) is 0 Å². The summed E-state index contributed by atoms with van der Waals surface area (Å²) < 4.78 is 0. The molecule has 0 aliphatic carbocycles. The highest BCUT2D eigenvalue weighted by Crippen LogP contribution is 2.23. The lowest BCUT2D eigenvalue weighted by molar-refractivity contribution is 0.0946. The minimum absolute atomic E-state index is 0.180. The van der Waals surface area contributed by atoms with E-state index in [0.29, 0.717) is 12.2 Å². The number of amides is 1. The lowest BCUT2D eigenvalue weighted by atomic mass is 10.2. The van der Waals surface area contributed by atoms with Gasteiger partial charge in [0.1, 0.15) is 5.69 Å². The monoisotopic (exact) mass is 345 g/mol. The topological polar surface area (TPSA) is 54.9 Å². The second-order valence-electron chi connectivity index (χ2n) is 5.60. The molecule has 0 atom stereocenters. The Morgan fingerprint density at radius 2 is 1.96 bits per heavy atom. The highest BCUT2D eigenvalue weighted by molar-refractivity contribution is 7.13. The molecule has 1 N–H and O–H groups in total. The number of benzene rings is 1. The molecule has 122 valence electrons. The van der Waals surface area contributed by atoms with Gasteiger partial charge in [-0.2, -0.15) is 0 Å². The quantitative estimate of drug-likeness (QED) is 0.600. The first-order valence-corrected chi connectivity index (χ1v) is 8.80. The lowest BCUT2D eigenvalue weighted by Gasteiger charge is -2.07. The molecular formula is C20H15N3OS. The van der Waals surface area contributed by atoms with E-state index < -0.39 is 0 Å². The second-order valence-corrected chi connectivity index (χ2v) is 6.55. The number of fused-ring (bicyclic) bond motifs is 1. The van der Waals surface area contributed by atoms with Crippen LogP contribution in [0.25, 0.3) is 21.5 Å². The van der Waals surface area contributed by atoms with Crippen LogP contribution in [-0.2, 0) is 6.54 Å². The molecule has 4 rings (SSSR count). The molecule has 3 aromatic heterocycles. The number of nitrogens with one attached hydrogen (secondary N) is 1. The first-order chi connectivity index (χ1) is 12.3. The molecule has 1 amide bonds. The van der Waals surface area contributed by atoms with Gasteiger partial charge in [-0.15, -0.1) is 11.3 Å². The third kappa shape index (κ3) is 3.41. The molecular weight excluding hydrogens is 330 g/mol. The van der Waals surface area contributed by atoms with Crippen molar-refractivity contribution in [3.8, 4) is 10.6 Å². The highest BCUT2D eigenvalue weighted by Gasteiger charge is 2.08. The van der Waals surface area contributed by atoms with E-state index in [4.69, 9.17) is 0 Å². The molecule has 0 saturated heterocycles. The van der Waals surface area contributed by atoms with Crippen LogP contribution in [-0.4, -0.2) is 15.9 Å². The van der Waals surface area contributed by atoms with Gasteiger partial charge in [0.15, 0.2) is 0 Å². The van der Waals surface area contributed by atoms with Crippen LogP contribution in [0.4, 0.5) is 0 Å². The minimum atomic E-state index is -0.180. The van der Waals surface area contributed by atoms with Crippen LogP contribution in [0, 0.1) is 0 Å². The van der Waals surface area contributed by atoms with Crippen molar-refractivity contribution in [2.75, 3.05) is 0 Å². The summed E-state index contributed by atoms with van der Waals surface area (Å²) in [6.45, 7) is 0.439. The van der Waals surface area contributed by atoms with Gasteiger partial charge in [0, 0.05) is 18.1 Å². The summed E-state index contributed by atoms with van der Waals surface area (Å²) in [7, 11) is 0. The van der Waals surface area contributed by atoms with Crippen LogP contribution < -0.4 is 5.32 Å². The first kappa shape index (κ1) is 15.5. The number of aromatic nitrogens is 2. The van der Waals surface area contributed by atoms with Crippen LogP contribution >= 0.6 is 11.3 Å². The summed E-state index contributed by atoms with van der Waals surface area (Å²) in [6.07, 6.45) is 1.77. The third-order valence-electron chi connectivity index (χ3n) is 3.88. The van der Waals surface area contributed by atoms with Crippen LogP contribution in [0.15, 0.2) is 72.2 Å². The van der Waals surface area contributed by atoms with Crippen molar-refractivity contribution < 1.29 is 4.79 Å². The van der Waals surface area contributed by atoms with Gasteiger partial charge in [-0.05, 0) is 41.3 Å². The Labute approximate surface area is 149 Å². The Morgan fingerprint density at radius 3 is 2.84 bits per heavy atom. The molecule has 0 spiro atoms. The Kier molecular flexibility index (Phi) is 4.23. The number of nitrogens with zero attached hydrogens (tertiary/aromatic N) is 2. The molecule has 4 aromatic rings. The van der Waals surface area contributed by atoms with Crippen LogP contribution in [0.5, 0.6) is 0 Å². The SMILES string of the molecule is O=C(NCc1ccnc(-c2cccs2)c1)c1ccc2ccccc2n1. The van der Waals surface area contributed by atoms with Gasteiger partial charge < -0.3 is 5.32 Å². The first-order valence-electron chi connectivity index (χ1n) is 7.92. The van der Waals surface area contributed by atoms with Gasteiger partial charge >= 0.3 is 0 Å². The Balaban J connectivity index is 1.48. The number of carbonyl (C=O) groups excluding carboxylic acids is 1. The maximum Gasteiger partial charge on any atom is 0.270 e. The van der Waals surface area contributed by atoms with E-state index in [0.717, 1.165) is 27.0 Å². The smallest absolute Gasteiger partial charge is 0.270 e. The fraction of sp³-hybridized carbons (Fsp3) is 0.0500. The summed E-state index contributed by atoms with van der Waals surface area (Å²) in [4.78, 5) is 22.3. The largest absolute Gasteiger partial charge is 0.347 e. The predicted molar refractivity (Wildman–Crippen MR) is 100 cm³/mol. The van der Waals surface area contributed by atoms with Gasteiger partial charge in [-0.1, -0.05) is 30.3 Å². The number of hydrogen-bond acceptors (Lipinski definition) is 4. The maximum absolute atomic E-state index is 12.4. The van der Waals surface area contributed by atoms with Crippen molar-refractivity contribution in [2.24, 2.45) is 0 Å². The van der Waals surface area contributed by atoms with E-state index in [1.54, 1.807) is 23.6 Å². The van der Waals surface area contributed by atoms with E-state index >= 15 is 0 Å². The summed E-state index contributed by atoms with van der Waals surface area (Å²) in [5.41, 5.74) is 3.17. The van der Waals surface area contributed by atoms with E-state index in [1.807, 2.05) is 60.0 Å². The Morgan fingerprint density at radius 1 is 1.04 bits per heavy atom. The fourth-order valence-corrected chi connectivity index (χ4v) is 3.30. The average Bonchev–Trinajstić information content (AvgIpc) is 3.21. The number of pyridine rings is 2. The Hall–Kier alpha value is -3.05. The zero-order valence-corrected chi connectivity index (χ0v) is 14.2. The number of para-hydroxylation sites is 1. The van der Waals surface area contributed by atoms with Crippen molar-refractivity contribution in [3.63, 3.8) is 0 Å². The summed E-state index contributed by atoms with van der Waals surface area (Å²) >= 11 is 1.65. The van der Waals surface area contributed by atoms with Gasteiger partial charge in [-0.3, -0.25) is 9.78 Å². The lowest BCUT2D eigenvalue weighted by Crippen LogP contribution is -2.23. The van der Waals surface area contributed by atoms with E-state index in [9.17, 15) is 4.79 Å².